The molecular weight excluding hydrogens is 405 g/mol. The molecule has 0 aliphatic carbocycles. The van der Waals surface area contributed by atoms with Gasteiger partial charge in [0.05, 0.1) is 34.4 Å². The Bertz CT molecular complexity index is 412. The van der Waals surface area contributed by atoms with Crippen LogP contribution in [-0.2, 0) is 23.1 Å². The number of likely N-dealkylation sites (N-methyl/N-ethyl adjacent to an activating group) is 1. The first-order chi connectivity index (χ1) is 14.2. The SMILES string of the molecule is CCCCCCCOCC(COCCCCCCC)OP(=O)([O-])OCC[N+](C)(C)C. The van der Waals surface area contributed by atoms with Gasteiger partial charge in [0.25, 0.3) is 7.82 Å². The molecule has 0 aromatic rings. The number of nitrogens with zero attached hydrogens (tertiary/aromatic N) is 1. The molecule has 0 aliphatic rings. The number of hydrogen-bond donors (Lipinski definition) is 0. The van der Waals surface area contributed by atoms with E-state index in [2.05, 4.69) is 13.8 Å². The first-order valence-electron chi connectivity index (χ1n) is 11.8. The number of ether oxygens (including phenoxy) is 2. The predicted molar refractivity (Wildman–Crippen MR) is 120 cm³/mol. The van der Waals surface area contributed by atoms with Crippen LogP contribution >= 0.6 is 7.82 Å². The van der Waals surface area contributed by atoms with Crippen LogP contribution < -0.4 is 4.89 Å². The minimum atomic E-state index is -4.40. The van der Waals surface area contributed by atoms with Crippen molar-refractivity contribution in [1.82, 2.24) is 0 Å². The first kappa shape index (κ1) is 30.0. The van der Waals surface area contributed by atoms with Crippen molar-refractivity contribution in [3.05, 3.63) is 0 Å². The largest absolute Gasteiger partial charge is 0.756 e. The van der Waals surface area contributed by atoms with Crippen molar-refractivity contribution in [3.8, 4) is 0 Å². The fourth-order valence-electron chi connectivity index (χ4n) is 2.79. The minimum Gasteiger partial charge on any atom is -0.756 e. The summed E-state index contributed by atoms with van der Waals surface area (Å²) in [4.78, 5) is 12.2. The molecule has 0 aromatic heterocycles. The molecule has 0 rings (SSSR count). The number of phosphoric acid groups is 1. The van der Waals surface area contributed by atoms with E-state index in [1.165, 1.54) is 38.5 Å². The summed E-state index contributed by atoms with van der Waals surface area (Å²) in [5, 5.41) is 0. The number of rotatable bonds is 22. The van der Waals surface area contributed by atoms with Crippen molar-refractivity contribution >= 4 is 7.82 Å². The molecule has 0 saturated heterocycles. The monoisotopic (exact) mass is 453 g/mol. The van der Waals surface area contributed by atoms with E-state index < -0.39 is 13.9 Å². The zero-order valence-electron chi connectivity index (χ0n) is 20.2. The van der Waals surface area contributed by atoms with Gasteiger partial charge >= 0.3 is 0 Å². The summed E-state index contributed by atoms with van der Waals surface area (Å²) in [7, 11) is 1.54. The molecule has 0 heterocycles. The van der Waals surface area contributed by atoms with Gasteiger partial charge < -0.3 is 27.9 Å². The normalized spacial score (nSPS) is 14.4. The highest BCUT2D eigenvalue weighted by Crippen LogP contribution is 2.39. The van der Waals surface area contributed by atoms with Crippen molar-refractivity contribution in [2.75, 3.05) is 60.7 Å². The lowest BCUT2D eigenvalue weighted by atomic mass is 10.2. The second-order valence-electron chi connectivity index (χ2n) is 9.00. The van der Waals surface area contributed by atoms with Gasteiger partial charge in [-0.3, -0.25) is 4.57 Å². The van der Waals surface area contributed by atoms with E-state index >= 15 is 0 Å². The van der Waals surface area contributed by atoms with E-state index in [1.54, 1.807) is 0 Å². The molecule has 0 saturated carbocycles. The van der Waals surface area contributed by atoms with Crippen molar-refractivity contribution in [3.63, 3.8) is 0 Å². The molecule has 8 heteroatoms. The van der Waals surface area contributed by atoms with Crippen molar-refractivity contribution in [2.24, 2.45) is 0 Å². The number of quaternary nitrogens is 1. The van der Waals surface area contributed by atoms with Crippen LogP contribution in [0, 0.1) is 0 Å². The minimum absolute atomic E-state index is 0.0908. The molecular formula is C22H48NO6P. The maximum Gasteiger partial charge on any atom is 0.268 e. The van der Waals surface area contributed by atoms with Crippen LogP contribution in [0.15, 0.2) is 0 Å². The van der Waals surface area contributed by atoms with Gasteiger partial charge in [-0.1, -0.05) is 65.2 Å². The Hall–Kier alpha value is -0.0100. The maximum atomic E-state index is 12.2. The van der Waals surface area contributed by atoms with Crippen molar-refractivity contribution in [1.29, 1.82) is 0 Å². The van der Waals surface area contributed by atoms with E-state index in [0.29, 0.717) is 24.2 Å². The molecule has 0 fully saturated rings. The van der Waals surface area contributed by atoms with Gasteiger partial charge in [-0.05, 0) is 12.8 Å². The van der Waals surface area contributed by atoms with E-state index in [4.69, 9.17) is 18.5 Å². The molecule has 30 heavy (non-hydrogen) atoms. The fraction of sp³-hybridized carbons (Fsp3) is 1.00. The predicted octanol–water partition coefficient (Wildman–Crippen LogP) is 4.54. The second-order valence-corrected chi connectivity index (χ2v) is 10.4. The molecule has 0 spiro atoms. The Morgan fingerprint density at radius 2 is 1.23 bits per heavy atom. The van der Waals surface area contributed by atoms with Gasteiger partial charge in [0.1, 0.15) is 19.3 Å². The number of hydrogen-bond acceptors (Lipinski definition) is 6. The Kier molecular flexibility index (Phi) is 18.5. The highest BCUT2D eigenvalue weighted by atomic mass is 31.2. The summed E-state index contributed by atoms with van der Waals surface area (Å²) in [6, 6.07) is 0. The molecule has 0 bridgehead atoms. The summed E-state index contributed by atoms with van der Waals surface area (Å²) in [5.41, 5.74) is 0. The van der Waals surface area contributed by atoms with Crippen molar-refractivity contribution < 1.29 is 32.5 Å². The van der Waals surface area contributed by atoms with Gasteiger partial charge in [-0.25, -0.2) is 0 Å². The molecule has 0 radical (unpaired) electrons. The third-order valence-corrected chi connectivity index (χ3v) is 5.74. The summed E-state index contributed by atoms with van der Waals surface area (Å²) in [6.45, 7) is 6.62. The third-order valence-electron chi connectivity index (χ3n) is 4.68. The smallest absolute Gasteiger partial charge is 0.268 e. The molecule has 7 nitrogen and oxygen atoms in total. The molecule has 1 atom stereocenters. The Morgan fingerprint density at radius 1 is 0.767 bits per heavy atom. The first-order valence-corrected chi connectivity index (χ1v) is 13.3. The Morgan fingerprint density at radius 3 is 1.67 bits per heavy atom. The molecule has 0 aliphatic heterocycles. The lowest BCUT2D eigenvalue weighted by Crippen LogP contribution is -2.38. The van der Waals surface area contributed by atoms with Crippen LogP contribution in [0.5, 0.6) is 0 Å². The maximum absolute atomic E-state index is 12.2. The topological polar surface area (TPSA) is 77.1 Å². The Balaban J connectivity index is 4.31. The van der Waals surface area contributed by atoms with Crippen LogP contribution in [0.1, 0.15) is 78.1 Å². The summed E-state index contributed by atoms with van der Waals surface area (Å²) in [5.74, 6) is 0. The number of phosphoric ester groups is 1. The molecule has 0 amide bonds. The van der Waals surface area contributed by atoms with E-state index in [-0.39, 0.29) is 19.8 Å². The lowest BCUT2D eigenvalue weighted by molar-refractivity contribution is -0.870. The summed E-state index contributed by atoms with van der Waals surface area (Å²) < 4.78 is 34.5. The second kappa shape index (κ2) is 18.6. The van der Waals surface area contributed by atoms with E-state index in [1.807, 2.05) is 21.1 Å². The van der Waals surface area contributed by atoms with Crippen LogP contribution in [0.2, 0.25) is 0 Å². The molecule has 0 N–H and O–H groups in total. The van der Waals surface area contributed by atoms with Crippen LogP contribution in [0.3, 0.4) is 0 Å². The van der Waals surface area contributed by atoms with E-state index in [0.717, 1.165) is 25.7 Å². The Labute approximate surface area is 185 Å². The molecule has 1 unspecified atom stereocenters. The summed E-state index contributed by atoms with van der Waals surface area (Å²) in [6.07, 6.45) is 10.8. The summed E-state index contributed by atoms with van der Waals surface area (Å²) >= 11 is 0. The quantitative estimate of drug-likeness (QED) is 0.136. The van der Waals surface area contributed by atoms with Gasteiger partial charge in [0.2, 0.25) is 0 Å². The van der Waals surface area contributed by atoms with Crippen LogP contribution in [0.25, 0.3) is 0 Å². The van der Waals surface area contributed by atoms with E-state index in [9.17, 15) is 9.46 Å². The fourth-order valence-corrected chi connectivity index (χ4v) is 3.65. The zero-order chi connectivity index (χ0) is 22.7. The average molecular weight is 454 g/mol. The lowest BCUT2D eigenvalue weighted by Gasteiger charge is -2.30. The third kappa shape index (κ3) is 21.2. The van der Waals surface area contributed by atoms with Crippen LogP contribution in [-0.4, -0.2) is 71.3 Å². The van der Waals surface area contributed by atoms with Gasteiger partial charge in [-0.15, -0.1) is 0 Å². The zero-order valence-corrected chi connectivity index (χ0v) is 21.1. The van der Waals surface area contributed by atoms with Crippen LogP contribution in [0.4, 0.5) is 0 Å². The highest BCUT2D eigenvalue weighted by molar-refractivity contribution is 7.45. The molecule has 0 aromatic carbocycles. The number of unbranched alkanes of at least 4 members (excludes halogenated alkanes) is 8. The molecule has 182 valence electrons. The van der Waals surface area contributed by atoms with Gasteiger partial charge in [0.15, 0.2) is 0 Å². The van der Waals surface area contributed by atoms with Gasteiger partial charge in [0, 0.05) is 13.2 Å². The highest BCUT2D eigenvalue weighted by Gasteiger charge is 2.20. The standard InChI is InChI=1S/C22H48NO6P/c1-6-8-10-12-14-17-26-20-22(21-27-18-15-13-11-9-7-2)29-30(24,25)28-19-16-23(3,4)5/h22H,6-21H2,1-5H3. The average Bonchev–Trinajstić information content (AvgIpc) is 2.64. The van der Waals surface area contributed by atoms with Gasteiger partial charge in [-0.2, -0.15) is 0 Å². The van der Waals surface area contributed by atoms with Crippen molar-refractivity contribution in [2.45, 2.75) is 84.2 Å².